The van der Waals surface area contributed by atoms with Gasteiger partial charge >= 0.3 is 0 Å². The van der Waals surface area contributed by atoms with E-state index in [0.29, 0.717) is 6.54 Å². The first-order valence-electron chi connectivity index (χ1n) is 7.00. The first kappa shape index (κ1) is 14.1. The minimum atomic E-state index is 0.131. The summed E-state index contributed by atoms with van der Waals surface area (Å²) < 4.78 is 6.76. The van der Waals surface area contributed by atoms with Crippen molar-refractivity contribution in [3.63, 3.8) is 0 Å². The standard InChI is InChI=1S/C15H17BrN4O/c1-2-17-14-13(16)15(20-9-19-14)18-8-11-7-10-5-3-4-6-12(10)21-11/h3-6,9,11H,2,7-8H2,1H3,(H2,17,18,19,20). The Balaban J connectivity index is 1.63. The number of nitrogens with zero attached hydrogens (tertiary/aromatic N) is 2. The second-order valence-electron chi connectivity index (χ2n) is 4.85. The predicted molar refractivity (Wildman–Crippen MR) is 86.9 cm³/mol. The highest BCUT2D eigenvalue weighted by Gasteiger charge is 2.22. The van der Waals surface area contributed by atoms with Gasteiger partial charge in [0, 0.05) is 13.0 Å². The maximum atomic E-state index is 5.91. The number of rotatable bonds is 5. The summed E-state index contributed by atoms with van der Waals surface area (Å²) in [6, 6.07) is 8.17. The van der Waals surface area contributed by atoms with Crippen molar-refractivity contribution < 1.29 is 4.74 Å². The molecule has 0 aliphatic carbocycles. The van der Waals surface area contributed by atoms with Gasteiger partial charge in [-0.05, 0) is 34.5 Å². The average molecular weight is 349 g/mol. The van der Waals surface area contributed by atoms with E-state index in [4.69, 9.17) is 4.74 Å². The van der Waals surface area contributed by atoms with Crippen LogP contribution in [0.25, 0.3) is 0 Å². The third-order valence-electron chi connectivity index (χ3n) is 3.34. The van der Waals surface area contributed by atoms with Gasteiger partial charge in [0.2, 0.25) is 0 Å². The van der Waals surface area contributed by atoms with E-state index in [1.807, 2.05) is 25.1 Å². The Bertz CT molecular complexity index is 610. The molecule has 110 valence electrons. The number of ether oxygens (including phenoxy) is 1. The summed E-state index contributed by atoms with van der Waals surface area (Å²) in [6.07, 6.45) is 2.60. The van der Waals surface area contributed by atoms with Gasteiger partial charge in [0.05, 0.1) is 6.54 Å². The minimum Gasteiger partial charge on any atom is -0.488 e. The summed E-state index contributed by atoms with van der Waals surface area (Å²) in [5.74, 6) is 2.56. The summed E-state index contributed by atoms with van der Waals surface area (Å²) in [5, 5.41) is 6.51. The number of hydrogen-bond donors (Lipinski definition) is 2. The van der Waals surface area contributed by atoms with Gasteiger partial charge in [-0.2, -0.15) is 0 Å². The fourth-order valence-corrected chi connectivity index (χ4v) is 2.85. The summed E-state index contributed by atoms with van der Waals surface area (Å²) in [7, 11) is 0. The van der Waals surface area contributed by atoms with Gasteiger partial charge < -0.3 is 15.4 Å². The summed E-state index contributed by atoms with van der Waals surface area (Å²) in [6.45, 7) is 3.55. The quantitative estimate of drug-likeness (QED) is 0.869. The molecular formula is C15H17BrN4O. The summed E-state index contributed by atoms with van der Waals surface area (Å²) in [5.41, 5.74) is 1.26. The predicted octanol–water partition coefficient (Wildman–Crippen LogP) is 3.09. The first-order chi connectivity index (χ1) is 10.3. The van der Waals surface area contributed by atoms with Crippen LogP contribution in [0.5, 0.6) is 5.75 Å². The van der Waals surface area contributed by atoms with E-state index in [1.165, 1.54) is 5.56 Å². The molecule has 0 saturated carbocycles. The molecule has 1 atom stereocenters. The van der Waals surface area contributed by atoms with Crippen molar-refractivity contribution >= 4 is 27.6 Å². The molecule has 0 fully saturated rings. The second kappa shape index (κ2) is 6.30. The number of fused-ring (bicyclic) bond motifs is 1. The number of nitrogens with one attached hydrogen (secondary N) is 2. The smallest absolute Gasteiger partial charge is 0.146 e. The minimum absolute atomic E-state index is 0.131. The average Bonchev–Trinajstić information content (AvgIpc) is 2.91. The Morgan fingerprint density at radius 3 is 2.76 bits per heavy atom. The van der Waals surface area contributed by atoms with E-state index in [-0.39, 0.29) is 6.10 Å². The van der Waals surface area contributed by atoms with E-state index in [9.17, 15) is 0 Å². The van der Waals surface area contributed by atoms with E-state index < -0.39 is 0 Å². The molecule has 0 amide bonds. The van der Waals surface area contributed by atoms with Crippen molar-refractivity contribution in [1.82, 2.24) is 9.97 Å². The third kappa shape index (κ3) is 3.10. The topological polar surface area (TPSA) is 59.1 Å². The highest BCUT2D eigenvalue weighted by Crippen LogP contribution is 2.29. The second-order valence-corrected chi connectivity index (χ2v) is 5.64. The van der Waals surface area contributed by atoms with Gasteiger partial charge in [0.1, 0.15) is 34.3 Å². The van der Waals surface area contributed by atoms with E-state index in [1.54, 1.807) is 6.33 Å². The van der Waals surface area contributed by atoms with E-state index in [2.05, 4.69) is 42.6 Å². The highest BCUT2D eigenvalue weighted by molar-refractivity contribution is 9.10. The monoisotopic (exact) mass is 348 g/mol. The SMILES string of the molecule is CCNc1ncnc(NCC2Cc3ccccc3O2)c1Br. The fourth-order valence-electron chi connectivity index (χ4n) is 2.36. The molecule has 2 aromatic rings. The van der Waals surface area contributed by atoms with Gasteiger partial charge in [-0.1, -0.05) is 18.2 Å². The van der Waals surface area contributed by atoms with Crippen LogP contribution in [0, 0.1) is 0 Å². The molecule has 0 radical (unpaired) electrons. The first-order valence-corrected chi connectivity index (χ1v) is 7.80. The maximum absolute atomic E-state index is 5.91. The van der Waals surface area contributed by atoms with Gasteiger partial charge in [-0.25, -0.2) is 9.97 Å². The number of aromatic nitrogens is 2. The lowest BCUT2D eigenvalue weighted by atomic mass is 10.1. The molecule has 1 unspecified atom stereocenters. The highest BCUT2D eigenvalue weighted by atomic mass is 79.9. The van der Waals surface area contributed by atoms with Crippen LogP contribution in [-0.2, 0) is 6.42 Å². The lowest BCUT2D eigenvalue weighted by Gasteiger charge is -2.14. The molecule has 6 heteroatoms. The molecule has 3 rings (SSSR count). The maximum Gasteiger partial charge on any atom is 0.146 e. The summed E-state index contributed by atoms with van der Waals surface area (Å²) in [4.78, 5) is 8.47. The van der Waals surface area contributed by atoms with Crippen LogP contribution < -0.4 is 15.4 Å². The zero-order valence-electron chi connectivity index (χ0n) is 11.8. The molecule has 2 N–H and O–H groups in total. The number of benzene rings is 1. The van der Waals surface area contributed by atoms with E-state index >= 15 is 0 Å². The molecule has 1 aliphatic rings. The van der Waals surface area contributed by atoms with E-state index in [0.717, 1.165) is 34.8 Å². The normalized spacial score (nSPS) is 16.2. The Labute approximate surface area is 132 Å². The lowest BCUT2D eigenvalue weighted by molar-refractivity contribution is 0.246. The Morgan fingerprint density at radius 1 is 1.24 bits per heavy atom. The molecule has 1 aliphatic heterocycles. The van der Waals surface area contributed by atoms with Gasteiger partial charge in [-0.15, -0.1) is 0 Å². The van der Waals surface area contributed by atoms with Crippen LogP contribution in [-0.4, -0.2) is 29.2 Å². The van der Waals surface area contributed by atoms with Crippen LogP contribution in [0.4, 0.5) is 11.6 Å². The molecule has 0 bridgehead atoms. The van der Waals surface area contributed by atoms with Crippen molar-refractivity contribution in [1.29, 1.82) is 0 Å². The number of anilines is 2. The Morgan fingerprint density at radius 2 is 2.00 bits per heavy atom. The van der Waals surface area contributed by atoms with Crippen LogP contribution in [0.2, 0.25) is 0 Å². The number of halogens is 1. The number of hydrogen-bond acceptors (Lipinski definition) is 5. The van der Waals surface area contributed by atoms with Crippen molar-refractivity contribution in [3.8, 4) is 5.75 Å². The molecule has 0 spiro atoms. The zero-order chi connectivity index (χ0) is 14.7. The van der Waals surface area contributed by atoms with Gasteiger partial charge in [0.25, 0.3) is 0 Å². The van der Waals surface area contributed by atoms with Crippen LogP contribution in [0.3, 0.4) is 0 Å². The largest absolute Gasteiger partial charge is 0.488 e. The fraction of sp³-hybridized carbons (Fsp3) is 0.333. The van der Waals surface area contributed by atoms with Gasteiger partial charge in [-0.3, -0.25) is 0 Å². The third-order valence-corrected chi connectivity index (χ3v) is 4.10. The van der Waals surface area contributed by atoms with Crippen molar-refractivity contribution in [2.75, 3.05) is 23.7 Å². The molecule has 5 nitrogen and oxygen atoms in total. The zero-order valence-corrected chi connectivity index (χ0v) is 13.4. The molecule has 21 heavy (non-hydrogen) atoms. The van der Waals surface area contributed by atoms with Crippen LogP contribution in [0.15, 0.2) is 35.1 Å². The molecule has 2 heterocycles. The van der Waals surface area contributed by atoms with Crippen molar-refractivity contribution in [2.45, 2.75) is 19.4 Å². The van der Waals surface area contributed by atoms with Crippen molar-refractivity contribution in [2.24, 2.45) is 0 Å². The summed E-state index contributed by atoms with van der Waals surface area (Å²) >= 11 is 3.53. The molecule has 1 aromatic heterocycles. The molecular weight excluding hydrogens is 332 g/mol. The van der Waals surface area contributed by atoms with Crippen molar-refractivity contribution in [3.05, 3.63) is 40.6 Å². The van der Waals surface area contributed by atoms with Crippen LogP contribution in [0.1, 0.15) is 12.5 Å². The lowest BCUT2D eigenvalue weighted by Crippen LogP contribution is -2.24. The molecule has 0 saturated heterocycles. The van der Waals surface area contributed by atoms with Crippen LogP contribution >= 0.6 is 15.9 Å². The Kier molecular flexibility index (Phi) is 4.24. The van der Waals surface area contributed by atoms with Gasteiger partial charge in [0.15, 0.2) is 0 Å². The number of para-hydroxylation sites is 1. The Hall–Kier alpha value is -1.82. The molecule has 1 aromatic carbocycles.